The van der Waals surface area contributed by atoms with Gasteiger partial charge in [0.25, 0.3) is 0 Å². The van der Waals surface area contributed by atoms with Crippen molar-refractivity contribution < 1.29 is 14.3 Å². The summed E-state index contributed by atoms with van der Waals surface area (Å²) in [4.78, 5) is 17.0. The maximum Gasteiger partial charge on any atom is 0.227 e. The van der Waals surface area contributed by atoms with Crippen LogP contribution < -0.4 is 15.8 Å². The maximum atomic E-state index is 12.1. The van der Waals surface area contributed by atoms with Gasteiger partial charge >= 0.3 is 0 Å². The van der Waals surface area contributed by atoms with E-state index in [1.165, 1.54) is 18.4 Å². The minimum atomic E-state index is -0.337. The van der Waals surface area contributed by atoms with Gasteiger partial charge < -0.3 is 20.1 Å². The predicted molar refractivity (Wildman–Crippen MR) is 149 cm³/mol. The number of guanidine groups is 1. The number of nitrogens with two attached hydrogens (primary N) is 1. The van der Waals surface area contributed by atoms with Crippen molar-refractivity contribution >= 4 is 11.9 Å². The third-order valence-corrected chi connectivity index (χ3v) is 7.05. The number of rotatable bonds is 12. The molecule has 0 aromatic heterocycles. The van der Waals surface area contributed by atoms with Crippen LogP contribution in [0.2, 0.25) is 0 Å². The molecule has 0 spiro atoms. The second-order valence-electron chi connectivity index (χ2n) is 10.2. The number of benzene rings is 2. The van der Waals surface area contributed by atoms with Crippen LogP contribution >= 0.6 is 0 Å². The molecule has 1 aliphatic rings. The normalized spacial score (nSPS) is 15.5. The van der Waals surface area contributed by atoms with E-state index in [0.717, 1.165) is 48.5 Å². The van der Waals surface area contributed by atoms with Crippen LogP contribution in [0, 0.1) is 5.41 Å². The van der Waals surface area contributed by atoms with E-state index < -0.39 is 0 Å². The van der Waals surface area contributed by atoms with E-state index in [4.69, 9.17) is 20.6 Å². The first-order valence-corrected chi connectivity index (χ1v) is 13.1. The van der Waals surface area contributed by atoms with Crippen molar-refractivity contribution in [3.63, 3.8) is 0 Å². The zero-order valence-corrected chi connectivity index (χ0v) is 22.8. The van der Waals surface area contributed by atoms with Gasteiger partial charge in [0, 0.05) is 44.7 Å². The molecule has 0 saturated carbocycles. The fourth-order valence-electron chi connectivity index (χ4n) is 4.83. The highest BCUT2D eigenvalue weighted by molar-refractivity contribution is 5.94. The fourth-order valence-corrected chi connectivity index (χ4v) is 4.83. The van der Waals surface area contributed by atoms with Gasteiger partial charge in [0.15, 0.2) is 5.96 Å². The van der Waals surface area contributed by atoms with E-state index in [1.807, 2.05) is 19.1 Å². The van der Waals surface area contributed by atoms with Gasteiger partial charge in [-0.3, -0.25) is 20.4 Å². The van der Waals surface area contributed by atoms with Crippen molar-refractivity contribution in [1.82, 2.24) is 15.1 Å². The lowest BCUT2D eigenvalue weighted by Gasteiger charge is -2.35. The average molecular weight is 510 g/mol. The Balaban J connectivity index is 1.72. The van der Waals surface area contributed by atoms with Crippen molar-refractivity contribution in [1.29, 1.82) is 5.41 Å². The fraction of sp³-hybridized carbons (Fsp3) is 0.517. The summed E-state index contributed by atoms with van der Waals surface area (Å²) >= 11 is 0. The van der Waals surface area contributed by atoms with Crippen LogP contribution in [0.1, 0.15) is 49.7 Å². The van der Waals surface area contributed by atoms with Crippen LogP contribution in [0.3, 0.4) is 0 Å². The number of hydrogen-bond donors (Lipinski definition) is 3. The Hall–Kier alpha value is -2.94. The highest BCUT2D eigenvalue weighted by Gasteiger charge is 2.20. The van der Waals surface area contributed by atoms with Gasteiger partial charge in [-0.1, -0.05) is 43.3 Å². The molecule has 8 nitrogen and oxygen atoms in total. The number of likely N-dealkylation sites (tertiary alicyclic amines) is 1. The molecule has 1 saturated heterocycles. The van der Waals surface area contributed by atoms with E-state index in [-0.39, 0.29) is 24.2 Å². The molecule has 1 heterocycles. The standard InChI is InChI=1S/C29H43N5O3/c1-21(18-28(35)32-29(30)31)24-10-11-26(27(19-24)37-17-5-16-36-4)23-8-6-22(7-9-23)20-34-14-12-25(13-15-34)33(2)3/h6-11,19,21,25H,5,12-18,20H2,1-4H3,(H4,30,31,32,35). The summed E-state index contributed by atoms with van der Waals surface area (Å²) in [6.07, 6.45) is 3.47. The third kappa shape index (κ3) is 8.84. The first-order chi connectivity index (χ1) is 17.8. The van der Waals surface area contributed by atoms with Gasteiger partial charge in [-0.15, -0.1) is 0 Å². The van der Waals surface area contributed by atoms with Crippen molar-refractivity contribution in [2.45, 2.75) is 51.1 Å². The molecule has 2 aromatic rings. The molecular weight excluding hydrogens is 466 g/mol. The second kappa shape index (κ2) is 14.1. The van der Waals surface area contributed by atoms with Crippen LogP contribution in [-0.2, 0) is 16.1 Å². The first-order valence-electron chi connectivity index (χ1n) is 13.1. The summed E-state index contributed by atoms with van der Waals surface area (Å²) in [5.41, 5.74) is 9.74. The molecule has 1 unspecified atom stereocenters. The van der Waals surface area contributed by atoms with E-state index in [2.05, 4.69) is 59.5 Å². The second-order valence-corrected chi connectivity index (χ2v) is 10.2. The van der Waals surface area contributed by atoms with Crippen LogP contribution in [0.25, 0.3) is 11.1 Å². The molecular formula is C29H43N5O3. The van der Waals surface area contributed by atoms with E-state index >= 15 is 0 Å². The smallest absolute Gasteiger partial charge is 0.227 e. The Morgan fingerprint density at radius 2 is 1.86 bits per heavy atom. The van der Waals surface area contributed by atoms with Crippen molar-refractivity contribution in [3.8, 4) is 16.9 Å². The number of nitrogens with zero attached hydrogens (tertiary/aromatic N) is 2. The van der Waals surface area contributed by atoms with Gasteiger partial charge in [-0.05, 0) is 68.7 Å². The number of carbonyl (C=O) groups is 1. The molecule has 0 bridgehead atoms. The molecule has 1 fully saturated rings. The number of carbonyl (C=O) groups excluding carboxylic acids is 1. The number of piperidine rings is 1. The number of hydrogen-bond acceptors (Lipinski definition) is 6. The Morgan fingerprint density at radius 3 is 2.49 bits per heavy atom. The Kier molecular flexibility index (Phi) is 10.9. The van der Waals surface area contributed by atoms with Gasteiger partial charge in [-0.2, -0.15) is 0 Å². The first kappa shape index (κ1) is 28.6. The van der Waals surface area contributed by atoms with Crippen LogP contribution in [-0.4, -0.2) is 75.2 Å². The zero-order chi connectivity index (χ0) is 26.8. The van der Waals surface area contributed by atoms with E-state index in [0.29, 0.717) is 19.3 Å². The number of ether oxygens (including phenoxy) is 2. The number of nitrogens with one attached hydrogen (secondary N) is 2. The minimum Gasteiger partial charge on any atom is -0.493 e. The highest BCUT2D eigenvalue weighted by Crippen LogP contribution is 2.34. The number of methoxy groups -OCH3 is 1. The van der Waals surface area contributed by atoms with Gasteiger partial charge in [0.2, 0.25) is 5.91 Å². The van der Waals surface area contributed by atoms with Crippen molar-refractivity contribution in [3.05, 3.63) is 53.6 Å². The lowest BCUT2D eigenvalue weighted by molar-refractivity contribution is -0.120. The third-order valence-electron chi connectivity index (χ3n) is 7.05. The Morgan fingerprint density at radius 1 is 1.16 bits per heavy atom. The van der Waals surface area contributed by atoms with Crippen LogP contribution in [0.15, 0.2) is 42.5 Å². The summed E-state index contributed by atoms with van der Waals surface area (Å²) in [6, 6.07) is 15.6. The van der Waals surface area contributed by atoms with Crippen molar-refractivity contribution in [2.24, 2.45) is 5.73 Å². The molecule has 1 amide bonds. The highest BCUT2D eigenvalue weighted by atomic mass is 16.5. The average Bonchev–Trinajstić information content (AvgIpc) is 2.87. The summed E-state index contributed by atoms with van der Waals surface area (Å²) in [5, 5.41) is 9.62. The largest absolute Gasteiger partial charge is 0.493 e. The summed E-state index contributed by atoms with van der Waals surface area (Å²) in [5.74, 6) is 0.143. The van der Waals surface area contributed by atoms with Gasteiger partial charge in [0.1, 0.15) is 5.75 Å². The lowest BCUT2D eigenvalue weighted by Crippen LogP contribution is -2.41. The predicted octanol–water partition coefficient (Wildman–Crippen LogP) is 3.80. The molecule has 202 valence electrons. The quantitative estimate of drug-likeness (QED) is 0.228. The van der Waals surface area contributed by atoms with Crippen LogP contribution in [0.4, 0.5) is 0 Å². The lowest BCUT2D eigenvalue weighted by atomic mass is 9.93. The number of amides is 1. The van der Waals surface area contributed by atoms with Crippen LogP contribution in [0.5, 0.6) is 5.75 Å². The van der Waals surface area contributed by atoms with Gasteiger partial charge in [-0.25, -0.2) is 0 Å². The molecule has 4 N–H and O–H groups in total. The van der Waals surface area contributed by atoms with E-state index in [1.54, 1.807) is 7.11 Å². The minimum absolute atomic E-state index is 0.0475. The summed E-state index contributed by atoms with van der Waals surface area (Å²) in [7, 11) is 6.03. The molecule has 1 aliphatic heterocycles. The molecule has 0 aliphatic carbocycles. The summed E-state index contributed by atoms with van der Waals surface area (Å²) in [6.45, 7) is 6.41. The summed E-state index contributed by atoms with van der Waals surface area (Å²) < 4.78 is 11.4. The molecule has 37 heavy (non-hydrogen) atoms. The molecule has 1 atom stereocenters. The molecule has 8 heteroatoms. The van der Waals surface area contributed by atoms with Crippen molar-refractivity contribution in [2.75, 3.05) is 47.5 Å². The topological polar surface area (TPSA) is 104 Å². The maximum absolute atomic E-state index is 12.1. The Labute approximate surface area is 221 Å². The molecule has 3 rings (SSSR count). The Bertz CT molecular complexity index is 1020. The molecule has 0 radical (unpaired) electrons. The van der Waals surface area contributed by atoms with Gasteiger partial charge in [0.05, 0.1) is 6.61 Å². The molecule has 2 aromatic carbocycles. The SMILES string of the molecule is COCCCOc1cc(C(C)CC(=O)NC(=N)N)ccc1-c1ccc(CN2CCC(N(C)C)CC2)cc1. The monoisotopic (exact) mass is 509 g/mol. The zero-order valence-electron chi connectivity index (χ0n) is 22.8. The van der Waals surface area contributed by atoms with E-state index in [9.17, 15) is 4.79 Å².